The minimum Gasteiger partial charge on any atom is -0.366 e. The van der Waals surface area contributed by atoms with Crippen LogP contribution >= 0.6 is 0 Å². The molecule has 0 aliphatic heterocycles. The first-order chi connectivity index (χ1) is 5.33. The second kappa shape index (κ2) is 4.23. The largest absolute Gasteiger partial charge is 0.366 e. The van der Waals surface area contributed by atoms with E-state index >= 15 is 0 Å². The van der Waals surface area contributed by atoms with Crippen LogP contribution in [0.15, 0.2) is 16.8 Å². The fraction of sp³-hybridized carbons (Fsp3) is 0.750. The van der Waals surface area contributed by atoms with E-state index in [4.69, 9.17) is 5.11 Å². The van der Waals surface area contributed by atoms with Crippen LogP contribution in [0.2, 0.25) is 0 Å². The number of nitrogens with zero attached hydrogens (tertiary/aromatic N) is 1. The van der Waals surface area contributed by atoms with Crippen LogP contribution in [0.5, 0.6) is 0 Å². The van der Waals surface area contributed by atoms with Crippen LogP contribution in [-0.4, -0.2) is 11.3 Å². The Morgan fingerprint density at radius 2 is 2.00 bits per heavy atom. The van der Waals surface area contributed by atoms with Gasteiger partial charge < -0.3 is 5.11 Å². The van der Waals surface area contributed by atoms with Gasteiger partial charge in [0.2, 0.25) is 6.23 Å². The number of aliphatic hydroxyl groups excluding tert-OH is 1. The van der Waals surface area contributed by atoms with Crippen LogP contribution in [0.3, 0.4) is 0 Å². The summed E-state index contributed by atoms with van der Waals surface area (Å²) in [4.78, 5) is 9.83. The van der Waals surface area contributed by atoms with Crippen molar-refractivity contribution in [3.05, 3.63) is 16.6 Å². The van der Waals surface area contributed by atoms with Crippen LogP contribution in [0.25, 0.3) is 0 Å². The summed E-state index contributed by atoms with van der Waals surface area (Å²) >= 11 is 0. The fourth-order valence-corrected chi connectivity index (χ4v) is 1.41. The summed E-state index contributed by atoms with van der Waals surface area (Å²) in [6.07, 6.45) is 6.12. The molecule has 0 saturated heterocycles. The molecule has 1 N–H and O–H groups in total. The molecule has 0 radical (unpaired) electrons. The Bertz CT molecular complexity index is 157. The van der Waals surface area contributed by atoms with Crippen molar-refractivity contribution in [2.24, 2.45) is 5.18 Å². The monoisotopic (exact) mass is 155 g/mol. The van der Waals surface area contributed by atoms with Crippen LogP contribution in [0.1, 0.15) is 32.1 Å². The zero-order valence-corrected chi connectivity index (χ0v) is 6.49. The number of hydrogen-bond donors (Lipinski definition) is 1. The maximum atomic E-state index is 9.83. The molecule has 1 rings (SSSR count). The molecule has 3 nitrogen and oxygen atoms in total. The molecule has 62 valence electrons. The number of hydrogen-bond acceptors (Lipinski definition) is 3. The van der Waals surface area contributed by atoms with E-state index in [2.05, 4.69) is 5.18 Å². The molecule has 1 aliphatic carbocycles. The first-order valence-electron chi connectivity index (χ1n) is 4.03. The lowest BCUT2D eigenvalue weighted by atomic mass is 9.94. The van der Waals surface area contributed by atoms with Crippen LogP contribution in [0.4, 0.5) is 0 Å². The zero-order valence-electron chi connectivity index (χ0n) is 6.49. The van der Waals surface area contributed by atoms with Crippen LogP contribution in [0, 0.1) is 4.91 Å². The normalized spacial score (nSPS) is 21.0. The highest BCUT2D eigenvalue weighted by Crippen LogP contribution is 2.22. The van der Waals surface area contributed by atoms with Gasteiger partial charge in [-0.15, -0.1) is 4.91 Å². The summed E-state index contributed by atoms with van der Waals surface area (Å²) < 4.78 is 0. The van der Waals surface area contributed by atoms with Crippen molar-refractivity contribution < 1.29 is 5.11 Å². The van der Waals surface area contributed by atoms with Crippen molar-refractivity contribution in [2.75, 3.05) is 0 Å². The maximum Gasteiger partial charge on any atom is 0.206 e. The maximum absolute atomic E-state index is 9.83. The van der Waals surface area contributed by atoms with Crippen molar-refractivity contribution in [1.29, 1.82) is 0 Å². The molecule has 1 saturated carbocycles. The topological polar surface area (TPSA) is 49.7 Å². The summed E-state index contributed by atoms with van der Waals surface area (Å²) in [5, 5.41) is 11.4. The highest BCUT2D eigenvalue weighted by atomic mass is 16.3. The van der Waals surface area contributed by atoms with Crippen LogP contribution < -0.4 is 0 Å². The van der Waals surface area contributed by atoms with E-state index in [0.717, 1.165) is 12.8 Å². The number of rotatable bonds is 2. The standard InChI is InChI=1S/C8H13NO2/c10-8(9-11)6-7-4-2-1-3-5-7/h6,8,10H,1-5H2. The van der Waals surface area contributed by atoms with Gasteiger partial charge in [-0.2, -0.15) is 0 Å². The smallest absolute Gasteiger partial charge is 0.206 e. The molecule has 0 aromatic carbocycles. The molecule has 11 heavy (non-hydrogen) atoms. The average molecular weight is 155 g/mol. The van der Waals surface area contributed by atoms with Gasteiger partial charge in [-0.05, 0) is 36.9 Å². The van der Waals surface area contributed by atoms with E-state index in [-0.39, 0.29) is 0 Å². The number of nitroso groups, excluding NO2 is 1. The van der Waals surface area contributed by atoms with Gasteiger partial charge in [0.05, 0.1) is 0 Å². The van der Waals surface area contributed by atoms with Gasteiger partial charge in [-0.1, -0.05) is 12.0 Å². The molecule has 0 amide bonds. The highest BCUT2D eigenvalue weighted by molar-refractivity contribution is 5.06. The summed E-state index contributed by atoms with van der Waals surface area (Å²) in [6.45, 7) is 0. The van der Waals surface area contributed by atoms with E-state index in [9.17, 15) is 4.91 Å². The summed E-state index contributed by atoms with van der Waals surface area (Å²) in [5.41, 5.74) is 1.18. The van der Waals surface area contributed by atoms with Crippen molar-refractivity contribution in [3.8, 4) is 0 Å². The minimum atomic E-state index is -1.12. The summed E-state index contributed by atoms with van der Waals surface area (Å²) in [5.74, 6) is 0. The second-order valence-electron chi connectivity index (χ2n) is 2.90. The number of aliphatic hydroxyl groups is 1. The molecule has 1 unspecified atom stereocenters. The molecule has 3 heteroatoms. The quantitative estimate of drug-likeness (QED) is 0.489. The van der Waals surface area contributed by atoms with Crippen molar-refractivity contribution in [2.45, 2.75) is 38.3 Å². The van der Waals surface area contributed by atoms with Crippen LogP contribution in [-0.2, 0) is 0 Å². The molecule has 1 atom stereocenters. The summed E-state index contributed by atoms with van der Waals surface area (Å²) in [7, 11) is 0. The predicted octanol–water partition coefficient (Wildman–Crippen LogP) is 1.96. The van der Waals surface area contributed by atoms with Gasteiger partial charge in [0.1, 0.15) is 0 Å². The molecule has 0 aromatic heterocycles. The Hall–Kier alpha value is -0.700. The molecule has 0 bridgehead atoms. The summed E-state index contributed by atoms with van der Waals surface area (Å²) in [6, 6.07) is 0. The van der Waals surface area contributed by atoms with Gasteiger partial charge in [-0.3, -0.25) is 0 Å². The van der Waals surface area contributed by atoms with Gasteiger partial charge in [-0.25, -0.2) is 0 Å². The highest BCUT2D eigenvalue weighted by Gasteiger charge is 2.07. The van der Waals surface area contributed by atoms with Gasteiger partial charge in [0.25, 0.3) is 0 Å². The van der Waals surface area contributed by atoms with E-state index in [0.29, 0.717) is 0 Å². The Balaban J connectivity index is 2.42. The molecule has 1 fully saturated rings. The van der Waals surface area contributed by atoms with E-state index in [1.807, 2.05) is 0 Å². The van der Waals surface area contributed by atoms with Gasteiger partial charge in [0.15, 0.2) is 0 Å². The Kier molecular flexibility index (Phi) is 3.23. The molecule has 0 aromatic rings. The lowest BCUT2D eigenvalue weighted by Crippen LogP contribution is -2.01. The third-order valence-electron chi connectivity index (χ3n) is 1.99. The van der Waals surface area contributed by atoms with E-state index in [1.54, 1.807) is 6.08 Å². The lowest BCUT2D eigenvalue weighted by molar-refractivity contribution is 0.230. The average Bonchev–Trinajstić information content (AvgIpc) is 2.06. The minimum absolute atomic E-state index is 1.02. The van der Waals surface area contributed by atoms with Gasteiger partial charge in [0, 0.05) is 0 Å². The van der Waals surface area contributed by atoms with E-state index < -0.39 is 6.23 Å². The third kappa shape index (κ3) is 2.80. The first-order valence-corrected chi connectivity index (χ1v) is 4.03. The third-order valence-corrected chi connectivity index (χ3v) is 1.99. The molecular weight excluding hydrogens is 142 g/mol. The van der Waals surface area contributed by atoms with Crippen molar-refractivity contribution in [1.82, 2.24) is 0 Å². The van der Waals surface area contributed by atoms with Crippen molar-refractivity contribution >= 4 is 0 Å². The molecule has 0 spiro atoms. The Morgan fingerprint density at radius 1 is 1.36 bits per heavy atom. The Morgan fingerprint density at radius 3 is 2.55 bits per heavy atom. The van der Waals surface area contributed by atoms with E-state index in [1.165, 1.54) is 24.8 Å². The van der Waals surface area contributed by atoms with Gasteiger partial charge >= 0.3 is 0 Å². The molecule has 1 aliphatic rings. The predicted molar refractivity (Wildman–Crippen MR) is 43.0 cm³/mol. The molecular formula is C8H13NO2. The SMILES string of the molecule is O=NC(O)C=C1CCCCC1. The zero-order chi connectivity index (χ0) is 8.10. The number of allylic oxidation sites excluding steroid dienone is 1. The molecule has 0 heterocycles. The first kappa shape index (κ1) is 8.40. The lowest BCUT2D eigenvalue weighted by Gasteiger charge is -2.13. The second-order valence-corrected chi connectivity index (χ2v) is 2.90. The Labute approximate surface area is 66.1 Å². The van der Waals surface area contributed by atoms with Crippen molar-refractivity contribution in [3.63, 3.8) is 0 Å². The fourth-order valence-electron chi connectivity index (χ4n) is 1.41.